The van der Waals surface area contributed by atoms with Gasteiger partial charge in [-0.2, -0.15) is 0 Å². The molecular formula is C11H22N2O. The Bertz CT molecular complexity index is 194. The zero-order valence-corrected chi connectivity index (χ0v) is 9.47. The molecule has 0 aromatic heterocycles. The molecule has 1 aliphatic rings. The number of piperidine rings is 1. The molecule has 3 heteroatoms. The van der Waals surface area contributed by atoms with E-state index < -0.39 is 0 Å². The number of amides is 1. The van der Waals surface area contributed by atoms with Crippen LogP contribution >= 0.6 is 0 Å². The lowest BCUT2D eigenvalue weighted by Gasteiger charge is -2.31. The van der Waals surface area contributed by atoms with Crippen LogP contribution in [0.3, 0.4) is 0 Å². The van der Waals surface area contributed by atoms with Gasteiger partial charge in [0, 0.05) is 18.0 Å². The smallest absolute Gasteiger partial charge is 0.223 e. The summed E-state index contributed by atoms with van der Waals surface area (Å²) in [6, 6.07) is 0.738. The van der Waals surface area contributed by atoms with Crippen molar-refractivity contribution in [3.05, 3.63) is 0 Å². The number of carbonyl (C=O) groups excluding carboxylic acids is 1. The standard InChI is InChI=1S/C11H22N2O/c1-4-8(2)11(14)13-10-6-5-7-12-9(10)3/h8-10,12H,4-7H2,1-3H3,(H,13,14)/t8?,9-,10-/m1/s1. The normalized spacial score (nSPS) is 29.6. The predicted molar refractivity (Wildman–Crippen MR) is 58.1 cm³/mol. The molecule has 2 N–H and O–H groups in total. The van der Waals surface area contributed by atoms with Gasteiger partial charge in [0.05, 0.1) is 0 Å². The van der Waals surface area contributed by atoms with Gasteiger partial charge in [0.15, 0.2) is 0 Å². The average molecular weight is 198 g/mol. The van der Waals surface area contributed by atoms with Gasteiger partial charge in [-0.3, -0.25) is 4.79 Å². The van der Waals surface area contributed by atoms with Crippen LogP contribution in [0.25, 0.3) is 0 Å². The van der Waals surface area contributed by atoms with Crippen molar-refractivity contribution in [1.82, 2.24) is 10.6 Å². The Morgan fingerprint density at radius 3 is 2.93 bits per heavy atom. The minimum Gasteiger partial charge on any atom is -0.352 e. The SMILES string of the molecule is CCC(C)C(=O)N[C@@H]1CCCN[C@@H]1C. The first-order valence-electron chi connectivity index (χ1n) is 5.69. The fourth-order valence-corrected chi connectivity index (χ4v) is 1.75. The summed E-state index contributed by atoms with van der Waals surface area (Å²) in [5.41, 5.74) is 0. The van der Waals surface area contributed by atoms with Gasteiger partial charge < -0.3 is 10.6 Å². The Morgan fingerprint density at radius 2 is 2.36 bits per heavy atom. The first-order chi connectivity index (χ1) is 6.65. The van der Waals surface area contributed by atoms with Crippen molar-refractivity contribution < 1.29 is 4.79 Å². The van der Waals surface area contributed by atoms with Gasteiger partial charge in [-0.05, 0) is 32.7 Å². The summed E-state index contributed by atoms with van der Waals surface area (Å²) in [7, 11) is 0. The molecule has 1 unspecified atom stereocenters. The molecule has 0 aliphatic carbocycles. The molecule has 3 nitrogen and oxygen atoms in total. The van der Waals surface area contributed by atoms with Gasteiger partial charge in [-0.25, -0.2) is 0 Å². The third-order valence-electron chi connectivity index (χ3n) is 3.15. The minimum atomic E-state index is 0.143. The maximum absolute atomic E-state index is 11.6. The zero-order valence-electron chi connectivity index (χ0n) is 9.47. The Balaban J connectivity index is 2.38. The van der Waals surface area contributed by atoms with Crippen molar-refractivity contribution in [2.24, 2.45) is 5.92 Å². The lowest BCUT2D eigenvalue weighted by Crippen LogP contribution is -2.52. The molecule has 0 bridgehead atoms. The molecule has 3 atom stereocenters. The lowest BCUT2D eigenvalue weighted by molar-refractivity contribution is -0.125. The number of hydrogen-bond donors (Lipinski definition) is 2. The highest BCUT2D eigenvalue weighted by Crippen LogP contribution is 2.10. The predicted octanol–water partition coefficient (Wildman–Crippen LogP) is 1.29. The van der Waals surface area contributed by atoms with Gasteiger partial charge >= 0.3 is 0 Å². The largest absolute Gasteiger partial charge is 0.352 e. The molecular weight excluding hydrogens is 176 g/mol. The van der Waals surface area contributed by atoms with Crippen molar-refractivity contribution >= 4 is 5.91 Å². The highest BCUT2D eigenvalue weighted by molar-refractivity contribution is 5.78. The van der Waals surface area contributed by atoms with Crippen LogP contribution in [0.4, 0.5) is 0 Å². The van der Waals surface area contributed by atoms with E-state index in [0.29, 0.717) is 12.1 Å². The average Bonchev–Trinajstić information content (AvgIpc) is 2.20. The monoisotopic (exact) mass is 198 g/mol. The number of nitrogens with one attached hydrogen (secondary N) is 2. The molecule has 0 aromatic rings. The van der Waals surface area contributed by atoms with E-state index in [-0.39, 0.29) is 11.8 Å². The molecule has 1 fully saturated rings. The number of carbonyl (C=O) groups is 1. The molecule has 1 aliphatic heterocycles. The summed E-state index contributed by atoms with van der Waals surface area (Å²) in [6.45, 7) is 7.25. The van der Waals surface area contributed by atoms with Crippen LogP contribution in [-0.4, -0.2) is 24.5 Å². The van der Waals surface area contributed by atoms with E-state index in [0.717, 1.165) is 25.8 Å². The Labute approximate surface area is 86.6 Å². The summed E-state index contributed by atoms with van der Waals surface area (Å²) in [5, 5.41) is 6.50. The first kappa shape index (κ1) is 11.5. The second-order valence-corrected chi connectivity index (χ2v) is 4.31. The summed E-state index contributed by atoms with van der Waals surface area (Å²) in [6.07, 6.45) is 3.19. The van der Waals surface area contributed by atoms with Gasteiger partial charge in [0.1, 0.15) is 0 Å². The molecule has 0 saturated carbocycles. The first-order valence-corrected chi connectivity index (χ1v) is 5.69. The van der Waals surface area contributed by atoms with Gasteiger partial charge in [-0.15, -0.1) is 0 Å². The van der Waals surface area contributed by atoms with Gasteiger partial charge in [0.25, 0.3) is 0 Å². The van der Waals surface area contributed by atoms with E-state index in [1.807, 2.05) is 13.8 Å². The Kier molecular flexibility index (Phi) is 4.39. The molecule has 0 radical (unpaired) electrons. The zero-order chi connectivity index (χ0) is 10.6. The van der Waals surface area contributed by atoms with Crippen LogP contribution in [-0.2, 0) is 4.79 Å². The van der Waals surface area contributed by atoms with E-state index in [4.69, 9.17) is 0 Å². The second-order valence-electron chi connectivity index (χ2n) is 4.31. The van der Waals surface area contributed by atoms with Gasteiger partial charge in [-0.1, -0.05) is 13.8 Å². The molecule has 14 heavy (non-hydrogen) atoms. The van der Waals surface area contributed by atoms with Crippen LogP contribution in [0, 0.1) is 5.92 Å². The van der Waals surface area contributed by atoms with E-state index in [1.54, 1.807) is 0 Å². The maximum Gasteiger partial charge on any atom is 0.223 e. The van der Waals surface area contributed by atoms with Crippen molar-refractivity contribution in [3.8, 4) is 0 Å². The summed E-state index contributed by atoms with van der Waals surface area (Å²) < 4.78 is 0. The fourth-order valence-electron chi connectivity index (χ4n) is 1.75. The van der Waals surface area contributed by atoms with Crippen molar-refractivity contribution in [1.29, 1.82) is 0 Å². The number of rotatable bonds is 3. The fraction of sp³-hybridized carbons (Fsp3) is 0.909. The van der Waals surface area contributed by atoms with Crippen LogP contribution in [0.5, 0.6) is 0 Å². The summed E-state index contributed by atoms with van der Waals surface area (Å²) in [5.74, 6) is 0.345. The Morgan fingerprint density at radius 1 is 1.64 bits per heavy atom. The summed E-state index contributed by atoms with van der Waals surface area (Å²) >= 11 is 0. The van der Waals surface area contributed by atoms with E-state index >= 15 is 0 Å². The number of hydrogen-bond acceptors (Lipinski definition) is 2. The van der Waals surface area contributed by atoms with Crippen molar-refractivity contribution in [2.45, 2.75) is 52.1 Å². The quantitative estimate of drug-likeness (QED) is 0.717. The van der Waals surface area contributed by atoms with Gasteiger partial charge in [0.2, 0.25) is 5.91 Å². The highest BCUT2D eigenvalue weighted by Gasteiger charge is 2.23. The van der Waals surface area contributed by atoms with Crippen LogP contribution < -0.4 is 10.6 Å². The van der Waals surface area contributed by atoms with E-state index in [9.17, 15) is 4.79 Å². The molecule has 1 saturated heterocycles. The molecule has 1 amide bonds. The Hall–Kier alpha value is -0.570. The molecule has 82 valence electrons. The van der Waals surface area contributed by atoms with Crippen molar-refractivity contribution in [3.63, 3.8) is 0 Å². The topological polar surface area (TPSA) is 41.1 Å². The molecule has 1 heterocycles. The third kappa shape index (κ3) is 2.98. The van der Waals surface area contributed by atoms with Crippen LogP contribution in [0.2, 0.25) is 0 Å². The molecule has 0 spiro atoms. The van der Waals surface area contributed by atoms with Crippen molar-refractivity contribution in [2.75, 3.05) is 6.54 Å². The lowest BCUT2D eigenvalue weighted by atomic mass is 9.98. The third-order valence-corrected chi connectivity index (χ3v) is 3.15. The van der Waals surface area contributed by atoms with Crippen LogP contribution in [0.1, 0.15) is 40.0 Å². The highest BCUT2D eigenvalue weighted by atomic mass is 16.1. The molecule has 1 rings (SSSR count). The van der Waals surface area contributed by atoms with Crippen LogP contribution in [0.15, 0.2) is 0 Å². The second kappa shape index (κ2) is 5.35. The van der Waals surface area contributed by atoms with E-state index in [2.05, 4.69) is 17.6 Å². The minimum absolute atomic E-state index is 0.143. The molecule has 0 aromatic carbocycles. The van der Waals surface area contributed by atoms with E-state index in [1.165, 1.54) is 0 Å². The summed E-state index contributed by atoms with van der Waals surface area (Å²) in [4.78, 5) is 11.6. The maximum atomic E-state index is 11.6.